The number of amides is 1. The van der Waals surface area contributed by atoms with E-state index < -0.39 is 0 Å². The second-order valence-corrected chi connectivity index (χ2v) is 5.69. The number of fused-ring (bicyclic) bond motifs is 1. The molecule has 0 spiro atoms. The van der Waals surface area contributed by atoms with E-state index in [1.54, 1.807) is 11.7 Å². The lowest BCUT2D eigenvalue weighted by molar-refractivity contribution is 0.0980. The van der Waals surface area contributed by atoms with Gasteiger partial charge >= 0.3 is 0 Å². The smallest absolute Gasteiger partial charge is 0.276 e. The molecule has 2 aromatic rings. The number of anilines is 1. The van der Waals surface area contributed by atoms with Crippen molar-refractivity contribution in [1.29, 1.82) is 0 Å². The number of carbonyl (C=O) groups excluding carboxylic acids is 1. The maximum absolute atomic E-state index is 12.6. The molecule has 1 aliphatic heterocycles. The molecule has 3 rings (SSSR count). The van der Waals surface area contributed by atoms with E-state index in [1.165, 1.54) is 5.56 Å². The van der Waals surface area contributed by atoms with Crippen LogP contribution in [0, 0.1) is 6.92 Å². The first-order chi connectivity index (χ1) is 9.06. The monoisotopic (exact) mass is 319 g/mol. The van der Waals surface area contributed by atoms with Gasteiger partial charge in [-0.3, -0.25) is 9.48 Å². The Morgan fingerprint density at radius 3 is 2.84 bits per heavy atom. The third-order valence-corrected chi connectivity index (χ3v) is 3.90. The summed E-state index contributed by atoms with van der Waals surface area (Å²) >= 11 is 3.46. The highest BCUT2D eigenvalue weighted by Crippen LogP contribution is 2.31. The second kappa shape index (κ2) is 4.49. The van der Waals surface area contributed by atoms with Gasteiger partial charge in [-0.1, -0.05) is 15.9 Å². The molecule has 19 heavy (non-hydrogen) atoms. The normalized spacial score (nSPS) is 13.7. The van der Waals surface area contributed by atoms with E-state index in [4.69, 9.17) is 0 Å². The number of carbonyl (C=O) groups is 1. The Morgan fingerprint density at radius 2 is 2.16 bits per heavy atom. The number of hydrogen-bond acceptors (Lipinski definition) is 2. The molecule has 4 nitrogen and oxygen atoms in total. The molecule has 0 bridgehead atoms. The van der Waals surface area contributed by atoms with Gasteiger partial charge in [-0.25, -0.2) is 0 Å². The molecule has 1 aliphatic rings. The minimum Gasteiger partial charge on any atom is -0.306 e. The summed E-state index contributed by atoms with van der Waals surface area (Å²) in [6.45, 7) is 2.63. The SMILES string of the molecule is Cc1cc(C(=O)N2CCc3cc(Br)ccc32)n(C)n1. The van der Waals surface area contributed by atoms with Crippen LogP contribution in [0.15, 0.2) is 28.7 Å². The number of rotatable bonds is 1. The Morgan fingerprint density at radius 1 is 1.37 bits per heavy atom. The van der Waals surface area contributed by atoms with Crippen molar-refractivity contribution in [3.05, 3.63) is 45.7 Å². The summed E-state index contributed by atoms with van der Waals surface area (Å²) in [6.07, 6.45) is 0.900. The van der Waals surface area contributed by atoms with Gasteiger partial charge < -0.3 is 4.90 Å². The van der Waals surface area contributed by atoms with Gasteiger partial charge in [0.25, 0.3) is 5.91 Å². The van der Waals surface area contributed by atoms with Crippen molar-refractivity contribution in [2.24, 2.45) is 7.05 Å². The van der Waals surface area contributed by atoms with Gasteiger partial charge in [-0.05, 0) is 43.2 Å². The summed E-state index contributed by atoms with van der Waals surface area (Å²) in [4.78, 5) is 14.4. The molecule has 1 amide bonds. The molecule has 0 aliphatic carbocycles. The first-order valence-corrected chi connectivity index (χ1v) is 6.96. The van der Waals surface area contributed by atoms with Crippen molar-refractivity contribution in [3.63, 3.8) is 0 Å². The van der Waals surface area contributed by atoms with E-state index in [-0.39, 0.29) is 5.91 Å². The average Bonchev–Trinajstić information content (AvgIpc) is 2.91. The maximum Gasteiger partial charge on any atom is 0.276 e. The van der Waals surface area contributed by atoms with Crippen LogP contribution in [0.3, 0.4) is 0 Å². The number of aromatic nitrogens is 2. The van der Waals surface area contributed by atoms with Crippen LogP contribution in [0.5, 0.6) is 0 Å². The van der Waals surface area contributed by atoms with Crippen molar-refractivity contribution < 1.29 is 4.79 Å². The highest BCUT2D eigenvalue weighted by Gasteiger charge is 2.27. The minimum absolute atomic E-state index is 0.0178. The molecule has 0 fully saturated rings. The molecule has 0 N–H and O–H groups in total. The van der Waals surface area contributed by atoms with E-state index in [9.17, 15) is 4.79 Å². The summed E-state index contributed by atoms with van der Waals surface area (Å²) in [6, 6.07) is 7.88. The minimum atomic E-state index is 0.0178. The highest BCUT2D eigenvalue weighted by molar-refractivity contribution is 9.10. The van der Waals surface area contributed by atoms with Crippen molar-refractivity contribution in [3.8, 4) is 0 Å². The van der Waals surface area contributed by atoms with Crippen LogP contribution in [0.4, 0.5) is 5.69 Å². The lowest BCUT2D eigenvalue weighted by Gasteiger charge is -2.17. The van der Waals surface area contributed by atoms with Crippen LogP contribution in [0.25, 0.3) is 0 Å². The fourth-order valence-electron chi connectivity index (χ4n) is 2.53. The Bertz CT molecular complexity index is 663. The van der Waals surface area contributed by atoms with E-state index in [0.29, 0.717) is 5.69 Å². The number of nitrogens with zero attached hydrogens (tertiary/aromatic N) is 3. The Hall–Kier alpha value is -1.62. The number of benzene rings is 1. The first kappa shape index (κ1) is 12.4. The molecule has 1 aromatic carbocycles. The van der Waals surface area contributed by atoms with Crippen LogP contribution < -0.4 is 4.90 Å². The van der Waals surface area contributed by atoms with Crippen LogP contribution >= 0.6 is 15.9 Å². The zero-order chi connectivity index (χ0) is 13.6. The van der Waals surface area contributed by atoms with Crippen LogP contribution in [0.2, 0.25) is 0 Å². The fourth-order valence-corrected chi connectivity index (χ4v) is 2.94. The molecular formula is C14H14BrN3O. The predicted octanol–water partition coefficient (Wildman–Crippen LogP) is 2.69. The highest BCUT2D eigenvalue weighted by atomic mass is 79.9. The number of hydrogen-bond donors (Lipinski definition) is 0. The summed E-state index contributed by atoms with van der Waals surface area (Å²) in [5.41, 5.74) is 3.71. The summed E-state index contributed by atoms with van der Waals surface area (Å²) in [5.74, 6) is 0.0178. The third kappa shape index (κ3) is 2.08. The van der Waals surface area contributed by atoms with Gasteiger partial charge in [0.2, 0.25) is 0 Å². The largest absolute Gasteiger partial charge is 0.306 e. The third-order valence-electron chi connectivity index (χ3n) is 3.40. The Balaban J connectivity index is 1.98. The molecule has 0 saturated heterocycles. The second-order valence-electron chi connectivity index (χ2n) is 4.77. The fraction of sp³-hybridized carbons (Fsp3) is 0.286. The zero-order valence-electron chi connectivity index (χ0n) is 10.9. The molecule has 0 atom stereocenters. The van der Waals surface area contributed by atoms with Gasteiger partial charge in [0.05, 0.1) is 5.69 Å². The average molecular weight is 320 g/mol. The van der Waals surface area contributed by atoms with Gasteiger partial charge in [0, 0.05) is 23.8 Å². The topological polar surface area (TPSA) is 38.1 Å². The Labute approximate surface area is 120 Å². The molecule has 2 heterocycles. The molecule has 5 heteroatoms. The van der Waals surface area contributed by atoms with E-state index in [2.05, 4.69) is 27.1 Å². The number of aryl methyl sites for hydroxylation is 2. The maximum atomic E-state index is 12.6. The zero-order valence-corrected chi connectivity index (χ0v) is 12.4. The predicted molar refractivity (Wildman–Crippen MR) is 77.5 cm³/mol. The molecule has 1 aromatic heterocycles. The molecular weight excluding hydrogens is 306 g/mol. The van der Waals surface area contributed by atoms with Crippen molar-refractivity contribution in [1.82, 2.24) is 9.78 Å². The van der Waals surface area contributed by atoms with Gasteiger partial charge in [-0.2, -0.15) is 5.10 Å². The van der Waals surface area contributed by atoms with Gasteiger partial charge in [0.1, 0.15) is 5.69 Å². The molecule has 0 saturated carbocycles. The van der Waals surface area contributed by atoms with Crippen molar-refractivity contribution >= 4 is 27.5 Å². The van der Waals surface area contributed by atoms with Crippen molar-refractivity contribution in [2.45, 2.75) is 13.3 Å². The lowest BCUT2D eigenvalue weighted by atomic mass is 10.2. The summed E-state index contributed by atoms with van der Waals surface area (Å²) in [5, 5.41) is 4.24. The Kier molecular flexibility index (Phi) is 2.93. The standard InChI is InChI=1S/C14H14BrN3O/c1-9-7-13(17(2)16-9)14(19)18-6-5-10-8-11(15)3-4-12(10)18/h3-4,7-8H,5-6H2,1-2H3. The van der Waals surface area contributed by atoms with Gasteiger partial charge in [-0.15, -0.1) is 0 Å². The van der Waals surface area contributed by atoms with E-state index >= 15 is 0 Å². The van der Waals surface area contributed by atoms with E-state index in [1.807, 2.05) is 30.0 Å². The molecule has 98 valence electrons. The molecule has 0 unspecified atom stereocenters. The van der Waals surface area contributed by atoms with Crippen LogP contribution in [-0.4, -0.2) is 22.2 Å². The lowest BCUT2D eigenvalue weighted by Crippen LogP contribution is -2.30. The van der Waals surface area contributed by atoms with Gasteiger partial charge in [0.15, 0.2) is 0 Å². The molecule has 0 radical (unpaired) electrons. The van der Waals surface area contributed by atoms with Crippen molar-refractivity contribution in [2.75, 3.05) is 11.4 Å². The first-order valence-electron chi connectivity index (χ1n) is 6.17. The quantitative estimate of drug-likeness (QED) is 0.810. The van der Waals surface area contributed by atoms with E-state index in [0.717, 1.165) is 28.8 Å². The van der Waals surface area contributed by atoms with Crippen LogP contribution in [0.1, 0.15) is 21.7 Å². The van der Waals surface area contributed by atoms with Crippen LogP contribution in [-0.2, 0) is 13.5 Å². The number of halogens is 1. The summed E-state index contributed by atoms with van der Waals surface area (Å²) < 4.78 is 2.70. The summed E-state index contributed by atoms with van der Waals surface area (Å²) in [7, 11) is 1.80.